The molecule has 0 saturated carbocycles. The van der Waals surface area contributed by atoms with Gasteiger partial charge in [-0.15, -0.1) is 0 Å². The summed E-state index contributed by atoms with van der Waals surface area (Å²) in [4.78, 5) is 23.7. The Labute approximate surface area is 120 Å². The van der Waals surface area contributed by atoms with Gasteiger partial charge in [0.1, 0.15) is 17.6 Å². The van der Waals surface area contributed by atoms with Crippen molar-refractivity contribution in [1.82, 2.24) is 5.32 Å². The van der Waals surface area contributed by atoms with E-state index >= 15 is 0 Å². The number of hydrogen-bond donors (Lipinski definition) is 2. The summed E-state index contributed by atoms with van der Waals surface area (Å²) in [6.07, 6.45) is 0. The Bertz CT molecular complexity index is 677. The van der Waals surface area contributed by atoms with Gasteiger partial charge < -0.3 is 15.5 Å². The van der Waals surface area contributed by atoms with Gasteiger partial charge in [-0.1, -0.05) is 12.1 Å². The lowest BCUT2D eigenvalue weighted by Crippen LogP contribution is -2.37. The molecule has 0 aliphatic carbocycles. The van der Waals surface area contributed by atoms with Crippen LogP contribution in [0.25, 0.3) is 0 Å². The van der Waals surface area contributed by atoms with Crippen molar-refractivity contribution in [3.05, 3.63) is 58.8 Å². The second-order valence-electron chi connectivity index (χ2n) is 4.73. The van der Waals surface area contributed by atoms with Crippen molar-refractivity contribution >= 4 is 11.8 Å². The number of halogens is 1. The van der Waals surface area contributed by atoms with Crippen LogP contribution in [0.3, 0.4) is 0 Å². The Kier molecular flexibility index (Phi) is 4.07. The minimum absolute atomic E-state index is 0.126. The zero-order valence-electron chi connectivity index (χ0n) is 11.6. The van der Waals surface area contributed by atoms with Gasteiger partial charge in [-0.25, -0.2) is 4.39 Å². The molecule has 0 bridgehead atoms. The lowest BCUT2D eigenvalue weighted by molar-refractivity contribution is -0.120. The van der Waals surface area contributed by atoms with Gasteiger partial charge in [-0.05, 0) is 37.6 Å². The molecular formula is C15H15FN2O3. The van der Waals surface area contributed by atoms with E-state index in [-0.39, 0.29) is 5.76 Å². The smallest absolute Gasteiger partial charge is 0.288 e. The summed E-state index contributed by atoms with van der Waals surface area (Å²) in [7, 11) is 0. The van der Waals surface area contributed by atoms with Crippen LogP contribution in [0.1, 0.15) is 33.5 Å². The second-order valence-corrected chi connectivity index (χ2v) is 4.73. The highest BCUT2D eigenvalue weighted by Gasteiger charge is 2.23. The average molecular weight is 290 g/mol. The monoisotopic (exact) mass is 290 g/mol. The van der Waals surface area contributed by atoms with E-state index in [0.717, 1.165) is 0 Å². The predicted molar refractivity (Wildman–Crippen MR) is 74.0 cm³/mol. The standard InChI is InChI=1S/C15H15FN2O3/c1-8-7-9(2)21-13(8)15(20)18-12(14(17)19)10-3-5-11(16)6-4-10/h3-7,12H,1-2H3,(H2,17,19)(H,18,20). The topological polar surface area (TPSA) is 85.3 Å². The van der Waals surface area contributed by atoms with E-state index in [2.05, 4.69) is 5.32 Å². The lowest BCUT2D eigenvalue weighted by Gasteiger charge is -2.15. The van der Waals surface area contributed by atoms with E-state index < -0.39 is 23.7 Å². The number of rotatable bonds is 4. The summed E-state index contributed by atoms with van der Waals surface area (Å²) >= 11 is 0. The molecule has 0 saturated heterocycles. The fourth-order valence-corrected chi connectivity index (χ4v) is 2.04. The van der Waals surface area contributed by atoms with Gasteiger partial charge in [0, 0.05) is 5.56 Å². The fraction of sp³-hybridized carbons (Fsp3) is 0.200. The fourth-order valence-electron chi connectivity index (χ4n) is 2.04. The number of benzene rings is 1. The molecule has 0 radical (unpaired) electrons. The number of primary amides is 1. The molecule has 1 aromatic carbocycles. The van der Waals surface area contributed by atoms with E-state index in [1.807, 2.05) is 0 Å². The van der Waals surface area contributed by atoms with E-state index in [9.17, 15) is 14.0 Å². The van der Waals surface area contributed by atoms with E-state index in [1.165, 1.54) is 24.3 Å². The molecule has 1 aromatic heterocycles. The maximum atomic E-state index is 12.9. The third-order valence-corrected chi connectivity index (χ3v) is 3.01. The first-order valence-corrected chi connectivity index (χ1v) is 6.31. The minimum Gasteiger partial charge on any atom is -0.456 e. The molecule has 2 rings (SSSR count). The van der Waals surface area contributed by atoms with Gasteiger partial charge in [-0.3, -0.25) is 9.59 Å². The number of carbonyl (C=O) groups is 2. The number of nitrogens with one attached hydrogen (secondary N) is 1. The summed E-state index contributed by atoms with van der Waals surface area (Å²) in [5.41, 5.74) is 6.36. The zero-order valence-corrected chi connectivity index (χ0v) is 11.6. The van der Waals surface area contributed by atoms with Crippen LogP contribution >= 0.6 is 0 Å². The molecule has 0 fully saturated rings. The van der Waals surface area contributed by atoms with Crippen molar-refractivity contribution < 1.29 is 18.4 Å². The summed E-state index contributed by atoms with van der Waals surface area (Å²) in [5, 5.41) is 2.49. The van der Waals surface area contributed by atoms with Crippen LogP contribution < -0.4 is 11.1 Å². The molecule has 1 heterocycles. The molecule has 2 aromatic rings. The second kappa shape index (κ2) is 5.78. The summed E-state index contributed by atoms with van der Waals surface area (Å²) < 4.78 is 18.2. The number of carbonyl (C=O) groups excluding carboxylic acids is 2. The Hall–Kier alpha value is -2.63. The SMILES string of the molecule is Cc1cc(C)c(C(=O)NC(C(N)=O)c2ccc(F)cc2)o1. The minimum atomic E-state index is -1.05. The third-order valence-electron chi connectivity index (χ3n) is 3.01. The number of nitrogens with two attached hydrogens (primary N) is 1. The first kappa shape index (κ1) is 14.8. The largest absolute Gasteiger partial charge is 0.456 e. The number of hydrogen-bond acceptors (Lipinski definition) is 3. The highest BCUT2D eigenvalue weighted by Crippen LogP contribution is 2.17. The number of amides is 2. The quantitative estimate of drug-likeness (QED) is 0.903. The van der Waals surface area contributed by atoms with Crippen molar-refractivity contribution in [3.8, 4) is 0 Å². The maximum Gasteiger partial charge on any atom is 0.288 e. The van der Waals surface area contributed by atoms with Crippen molar-refractivity contribution in [1.29, 1.82) is 0 Å². The molecule has 1 unspecified atom stereocenters. The van der Waals surface area contributed by atoms with Gasteiger partial charge in [-0.2, -0.15) is 0 Å². The summed E-state index contributed by atoms with van der Waals surface area (Å²) in [5.74, 6) is -1.01. The van der Waals surface area contributed by atoms with Crippen LogP contribution in [0, 0.1) is 19.7 Å². The number of furan rings is 1. The summed E-state index contributed by atoms with van der Waals surface area (Å²) in [6, 6.07) is 5.84. The maximum absolute atomic E-state index is 12.9. The van der Waals surface area contributed by atoms with Crippen molar-refractivity contribution in [2.75, 3.05) is 0 Å². The van der Waals surface area contributed by atoms with Crippen LogP contribution in [0.2, 0.25) is 0 Å². The van der Waals surface area contributed by atoms with Gasteiger partial charge in [0.2, 0.25) is 5.91 Å². The number of aryl methyl sites for hydroxylation is 2. The molecule has 1 atom stereocenters. The van der Waals surface area contributed by atoms with E-state index in [0.29, 0.717) is 16.9 Å². The van der Waals surface area contributed by atoms with Crippen LogP contribution in [0.4, 0.5) is 4.39 Å². The molecule has 0 aliphatic rings. The first-order chi connectivity index (χ1) is 9.88. The van der Waals surface area contributed by atoms with E-state index in [1.54, 1.807) is 19.9 Å². The van der Waals surface area contributed by atoms with Crippen LogP contribution in [0.5, 0.6) is 0 Å². The lowest BCUT2D eigenvalue weighted by atomic mass is 10.1. The molecule has 6 heteroatoms. The Morgan fingerprint density at radius 2 is 1.86 bits per heavy atom. The van der Waals surface area contributed by atoms with Gasteiger partial charge >= 0.3 is 0 Å². The van der Waals surface area contributed by atoms with Gasteiger partial charge in [0.05, 0.1) is 0 Å². The molecular weight excluding hydrogens is 275 g/mol. The Balaban J connectivity index is 2.24. The van der Waals surface area contributed by atoms with Crippen LogP contribution in [-0.2, 0) is 4.79 Å². The predicted octanol–water partition coefficient (Wildman–Crippen LogP) is 1.99. The molecule has 0 aliphatic heterocycles. The first-order valence-electron chi connectivity index (χ1n) is 6.31. The molecule has 110 valence electrons. The molecule has 0 spiro atoms. The van der Waals surface area contributed by atoms with Crippen molar-refractivity contribution in [2.24, 2.45) is 5.73 Å². The molecule has 21 heavy (non-hydrogen) atoms. The van der Waals surface area contributed by atoms with Crippen LogP contribution in [-0.4, -0.2) is 11.8 Å². The van der Waals surface area contributed by atoms with Crippen molar-refractivity contribution in [2.45, 2.75) is 19.9 Å². The van der Waals surface area contributed by atoms with Crippen molar-refractivity contribution in [3.63, 3.8) is 0 Å². The summed E-state index contributed by atoms with van der Waals surface area (Å²) in [6.45, 7) is 3.44. The third kappa shape index (κ3) is 3.28. The average Bonchev–Trinajstić information content (AvgIpc) is 2.76. The van der Waals surface area contributed by atoms with Crippen LogP contribution in [0.15, 0.2) is 34.7 Å². The zero-order chi connectivity index (χ0) is 15.6. The molecule has 5 nitrogen and oxygen atoms in total. The van der Waals surface area contributed by atoms with E-state index in [4.69, 9.17) is 10.2 Å². The highest BCUT2D eigenvalue weighted by atomic mass is 19.1. The highest BCUT2D eigenvalue weighted by molar-refractivity contribution is 5.96. The van der Waals surface area contributed by atoms with Gasteiger partial charge in [0.15, 0.2) is 5.76 Å². The molecule has 3 N–H and O–H groups in total. The Morgan fingerprint density at radius 3 is 2.33 bits per heavy atom. The normalized spacial score (nSPS) is 12.0. The molecule has 2 amide bonds. The van der Waals surface area contributed by atoms with Gasteiger partial charge in [0.25, 0.3) is 5.91 Å². The Morgan fingerprint density at radius 1 is 1.24 bits per heavy atom.